The number of hydrogen-bond acceptors (Lipinski definition) is 4. The van der Waals surface area contributed by atoms with Crippen LogP contribution in [0.2, 0.25) is 0 Å². The molecule has 0 aliphatic carbocycles. The Kier molecular flexibility index (Phi) is 6.97. The van der Waals surface area contributed by atoms with Gasteiger partial charge in [-0.15, -0.1) is 0 Å². The average molecular weight is 479 g/mol. The van der Waals surface area contributed by atoms with Crippen LogP contribution in [-0.4, -0.2) is 32.4 Å². The lowest BCUT2D eigenvalue weighted by molar-refractivity contribution is 0.0682. The summed E-state index contributed by atoms with van der Waals surface area (Å²) < 4.78 is 0. The fourth-order valence-electron chi connectivity index (χ4n) is 3.88. The van der Waals surface area contributed by atoms with Gasteiger partial charge in [-0.05, 0) is 57.7 Å². The van der Waals surface area contributed by atoms with Crippen molar-refractivity contribution in [3.05, 3.63) is 143 Å². The molecule has 178 valence electrons. The summed E-state index contributed by atoms with van der Waals surface area (Å²) >= 11 is 0. The van der Waals surface area contributed by atoms with E-state index in [9.17, 15) is 30.0 Å². The minimum Gasteiger partial charge on any atom is -0.507 e. The smallest absolute Gasteiger partial charge is 0.339 e. The summed E-state index contributed by atoms with van der Waals surface area (Å²) in [6.07, 6.45) is 3.68. The van der Waals surface area contributed by atoms with Crippen LogP contribution >= 0.6 is 0 Å². The van der Waals surface area contributed by atoms with E-state index in [1.54, 1.807) is 12.1 Å². The summed E-state index contributed by atoms with van der Waals surface area (Å²) in [6, 6.07) is 27.6. The number of allylic oxidation sites excluding steroid dienone is 2. The van der Waals surface area contributed by atoms with Gasteiger partial charge in [-0.25, -0.2) is 9.59 Å². The molecule has 0 unspecified atom stereocenters. The van der Waals surface area contributed by atoms with Crippen molar-refractivity contribution >= 4 is 23.1 Å². The molecule has 4 N–H and O–H groups in total. The quantitative estimate of drug-likeness (QED) is 0.240. The van der Waals surface area contributed by atoms with E-state index in [1.165, 1.54) is 24.3 Å². The van der Waals surface area contributed by atoms with Crippen molar-refractivity contribution in [1.29, 1.82) is 0 Å². The lowest BCUT2D eigenvalue weighted by Crippen LogP contribution is -1.98. The van der Waals surface area contributed by atoms with E-state index in [2.05, 4.69) is 0 Å². The minimum absolute atomic E-state index is 0.194. The second-order valence-electron chi connectivity index (χ2n) is 7.97. The molecule has 0 aliphatic rings. The van der Waals surface area contributed by atoms with Crippen molar-refractivity contribution in [3.8, 4) is 11.5 Å². The van der Waals surface area contributed by atoms with Crippen molar-refractivity contribution < 1.29 is 30.0 Å². The fourth-order valence-corrected chi connectivity index (χ4v) is 3.88. The van der Waals surface area contributed by atoms with Crippen LogP contribution in [0.3, 0.4) is 0 Å². The van der Waals surface area contributed by atoms with Gasteiger partial charge in [-0.3, -0.25) is 0 Å². The second kappa shape index (κ2) is 10.4. The van der Waals surface area contributed by atoms with Gasteiger partial charge in [0.05, 0.1) is 0 Å². The number of carbonyl (C=O) groups is 2. The predicted octanol–water partition coefficient (Wildman–Crippen LogP) is 6.06. The topological polar surface area (TPSA) is 115 Å². The molecule has 0 bridgehead atoms. The van der Waals surface area contributed by atoms with Gasteiger partial charge in [0.2, 0.25) is 0 Å². The lowest BCUT2D eigenvalue weighted by atomic mass is 9.93. The normalized spacial score (nSPS) is 11.8. The number of hydrogen-bond donors (Lipinski definition) is 4. The van der Waals surface area contributed by atoms with Crippen LogP contribution in [0.15, 0.2) is 109 Å². The van der Waals surface area contributed by atoms with Gasteiger partial charge >= 0.3 is 11.9 Å². The summed E-state index contributed by atoms with van der Waals surface area (Å²) in [6.45, 7) is 0. The molecule has 0 aromatic heterocycles. The van der Waals surface area contributed by atoms with Gasteiger partial charge in [0.1, 0.15) is 22.6 Å². The number of aromatic carboxylic acids is 2. The van der Waals surface area contributed by atoms with Gasteiger partial charge in [-0.2, -0.15) is 0 Å². The molecule has 36 heavy (non-hydrogen) atoms. The van der Waals surface area contributed by atoms with Gasteiger partial charge in [0, 0.05) is 0 Å². The number of benzene rings is 4. The molecule has 0 aliphatic heterocycles. The van der Waals surface area contributed by atoms with Crippen molar-refractivity contribution in [3.63, 3.8) is 0 Å². The van der Waals surface area contributed by atoms with Gasteiger partial charge in [0.25, 0.3) is 0 Å². The molecule has 4 aromatic rings. The first-order chi connectivity index (χ1) is 17.3. The monoisotopic (exact) mass is 478 g/mol. The summed E-state index contributed by atoms with van der Waals surface area (Å²) in [5, 5.41) is 39.1. The molecule has 6 nitrogen and oxygen atoms in total. The number of aromatic hydroxyl groups is 2. The maximum Gasteiger partial charge on any atom is 0.339 e. The maximum atomic E-state index is 11.4. The molecule has 0 saturated heterocycles. The Bertz CT molecular complexity index is 1370. The molecule has 4 rings (SSSR count). The summed E-state index contributed by atoms with van der Waals surface area (Å²) in [7, 11) is 0. The Balaban J connectivity index is 1.91. The Morgan fingerprint density at radius 1 is 0.500 bits per heavy atom. The average Bonchev–Trinajstić information content (AvgIpc) is 2.87. The van der Waals surface area contributed by atoms with Gasteiger partial charge in [0.15, 0.2) is 0 Å². The molecule has 0 spiro atoms. The van der Waals surface area contributed by atoms with E-state index in [-0.39, 0.29) is 22.6 Å². The highest BCUT2D eigenvalue weighted by Gasteiger charge is 2.14. The first-order valence-corrected chi connectivity index (χ1v) is 11.0. The molecule has 0 radical (unpaired) electrons. The zero-order valence-electron chi connectivity index (χ0n) is 19.0. The Labute approximate surface area is 207 Å². The molecule has 0 atom stereocenters. The summed E-state index contributed by atoms with van der Waals surface area (Å²) in [5.41, 5.74) is 3.96. The van der Waals surface area contributed by atoms with E-state index in [1.807, 2.05) is 72.8 Å². The van der Waals surface area contributed by atoms with Crippen LogP contribution in [0.1, 0.15) is 43.0 Å². The van der Waals surface area contributed by atoms with Crippen LogP contribution in [-0.2, 0) is 0 Å². The second-order valence-corrected chi connectivity index (χ2v) is 7.97. The largest absolute Gasteiger partial charge is 0.507 e. The van der Waals surface area contributed by atoms with E-state index < -0.39 is 11.9 Å². The lowest BCUT2D eigenvalue weighted by Gasteiger charge is -2.12. The highest BCUT2D eigenvalue weighted by molar-refractivity contribution is 5.94. The fraction of sp³-hybridized carbons (Fsp3) is 0. The third-order valence-corrected chi connectivity index (χ3v) is 5.66. The van der Waals surface area contributed by atoms with Gasteiger partial charge < -0.3 is 20.4 Å². The highest BCUT2D eigenvalue weighted by Crippen LogP contribution is 2.32. The van der Waals surface area contributed by atoms with Crippen LogP contribution in [0, 0.1) is 0 Å². The molecule has 0 fully saturated rings. The molecule has 0 heterocycles. The summed E-state index contributed by atoms with van der Waals surface area (Å²) in [4.78, 5) is 22.7. The maximum absolute atomic E-state index is 11.4. The zero-order chi connectivity index (χ0) is 25.7. The van der Waals surface area contributed by atoms with Gasteiger partial charge in [-0.1, -0.05) is 84.9 Å². The minimum atomic E-state index is -1.22. The summed E-state index contributed by atoms with van der Waals surface area (Å²) in [5.74, 6) is -3.13. The zero-order valence-corrected chi connectivity index (χ0v) is 19.0. The number of rotatable bonds is 7. The van der Waals surface area contributed by atoms with E-state index in [0.717, 1.165) is 22.3 Å². The van der Waals surface area contributed by atoms with Crippen molar-refractivity contribution in [1.82, 2.24) is 0 Å². The predicted molar refractivity (Wildman–Crippen MR) is 137 cm³/mol. The van der Waals surface area contributed by atoms with Crippen molar-refractivity contribution in [2.45, 2.75) is 0 Å². The van der Waals surface area contributed by atoms with E-state index >= 15 is 0 Å². The number of carboxylic acids is 2. The van der Waals surface area contributed by atoms with Crippen LogP contribution in [0.5, 0.6) is 11.5 Å². The van der Waals surface area contributed by atoms with E-state index in [0.29, 0.717) is 11.1 Å². The standard InChI is InChI=1S/C30H22O6/c31-27-17-21(11-13-25(27)29(33)34)23(19-7-3-1-4-8-19)15-16-24(20-9-5-2-6-10-20)22-12-14-26(30(35)36)28(32)18-22/h1-18,31-32H,(H,33,34)(H,35,36)/b23-15-,24-16-. The number of carboxylic acid groups (broad SMARTS) is 2. The van der Waals surface area contributed by atoms with Crippen molar-refractivity contribution in [2.24, 2.45) is 0 Å². The highest BCUT2D eigenvalue weighted by atomic mass is 16.4. The number of phenols is 2. The molecular formula is C30H22O6. The third-order valence-electron chi connectivity index (χ3n) is 5.66. The Hall–Kier alpha value is -5.10. The first kappa shape index (κ1) is 24.0. The Morgan fingerprint density at radius 2 is 0.861 bits per heavy atom. The molecule has 6 heteroatoms. The first-order valence-electron chi connectivity index (χ1n) is 11.0. The van der Waals surface area contributed by atoms with Crippen LogP contribution in [0.4, 0.5) is 0 Å². The van der Waals surface area contributed by atoms with Crippen LogP contribution in [0.25, 0.3) is 11.1 Å². The molecule has 0 amide bonds. The Morgan fingerprint density at radius 3 is 1.17 bits per heavy atom. The van der Waals surface area contributed by atoms with Crippen molar-refractivity contribution in [2.75, 3.05) is 0 Å². The third kappa shape index (κ3) is 5.18. The molecule has 0 saturated carbocycles. The van der Waals surface area contributed by atoms with E-state index in [4.69, 9.17) is 0 Å². The molecule has 4 aromatic carbocycles. The molecular weight excluding hydrogens is 456 g/mol. The van der Waals surface area contributed by atoms with Crippen LogP contribution < -0.4 is 0 Å². The SMILES string of the molecule is O=C(O)c1ccc(/C(=C\C=C(\c2ccccc2)c2ccc(C(=O)O)c(O)c2)c2ccccc2)cc1O.